The van der Waals surface area contributed by atoms with Gasteiger partial charge < -0.3 is 15.5 Å². The summed E-state index contributed by atoms with van der Waals surface area (Å²) in [5, 5.41) is 5.46. The lowest BCUT2D eigenvalue weighted by Crippen LogP contribution is -2.29. The third-order valence-electron chi connectivity index (χ3n) is 4.56. The van der Waals surface area contributed by atoms with Crippen molar-refractivity contribution in [3.63, 3.8) is 0 Å². The SMILES string of the molecule is CN1C(=O)c2ccccc2Sc2ccc(NC(=O)NCc3cccc(F)c3)cc21. The van der Waals surface area contributed by atoms with Crippen LogP contribution in [0, 0.1) is 5.82 Å². The van der Waals surface area contributed by atoms with Gasteiger partial charge >= 0.3 is 6.03 Å². The number of urea groups is 1. The van der Waals surface area contributed by atoms with Crippen LogP contribution in [0.3, 0.4) is 0 Å². The summed E-state index contributed by atoms with van der Waals surface area (Å²) in [6.07, 6.45) is 0. The summed E-state index contributed by atoms with van der Waals surface area (Å²) in [5.41, 5.74) is 2.60. The second-order valence-corrected chi connectivity index (χ2v) is 7.67. The lowest BCUT2D eigenvalue weighted by Gasteiger charge is -2.18. The molecule has 0 fully saturated rings. The number of rotatable bonds is 3. The molecule has 0 spiro atoms. The number of hydrogen-bond acceptors (Lipinski definition) is 3. The van der Waals surface area contributed by atoms with Gasteiger partial charge in [-0.1, -0.05) is 36.0 Å². The Morgan fingerprint density at radius 3 is 2.69 bits per heavy atom. The summed E-state index contributed by atoms with van der Waals surface area (Å²) < 4.78 is 13.2. The highest BCUT2D eigenvalue weighted by atomic mass is 32.2. The first kappa shape index (κ1) is 19.0. The zero-order chi connectivity index (χ0) is 20.4. The quantitative estimate of drug-likeness (QED) is 0.650. The van der Waals surface area contributed by atoms with Crippen molar-refractivity contribution in [2.45, 2.75) is 16.3 Å². The molecular formula is C22H18FN3O2S. The van der Waals surface area contributed by atoms with E-state index in [0.29, 0.717) is 16.8 Å². The van der Waals surface area contributed by atoms with E-state index >= 15 is 0 Å². The highest BCUT2D eigenvalue weighted by molar-refractivity contribution is 7.99. The molecule has 1 aliphatic rings. The summed E-state index contributed by atoms with van der Waals surface area (Å²) in [6.45, 7) is 0.206. The van der Waals surface area contributed by atoms with Gasteiger partial charge in [-0.05, 0) is 48.0 Å². The van der Waals surface area contributed by atoms with E-state index in [1.807, 2.05) is 30.3 Å². The van der Waals surface area contributed by atoms with E-state index < -0.39 is 6.03 Å². The van der Waals surface area contributed by atoms with Crippen molar-refractivity contribution in [3.8, 4) is 0 Å². The lowest BCUT2D eigenvalue weighted by atomic mass is 10.2. The molecule has 1 aliphatic heterocycles. The molecule has 3 aromatic rings. The molecule has 7 heteroatoms. The zero-order valence-corrected chi connectivity index (χ0v) is 16.4. The molecular weight excluding hydrogens is 389 g/mol. The van der Waals surface area contributed by atoms with Gasteiger partial charge in [0.2, 0.25) is 0 Å². The summed E-state index contributed by atoms with van der Waals surface area (Å²) >= 11 is 1.52. The van der Waals surface area contributed by atoms with Crippen LogP contribution >= 0.6 is 11.8 Å². The Hall–Kier alpha value is -3.32. The van der Waals surface area contributed by atoms with Crippen molar-refractivity contribution >= 4 is 35.1 Å². The summed E-state index contributed by atoms with van der Waals surface area (Å²) in [7, 11) is 1.72. The average Bonchev–Trinajstić information content (AvgIpc) is 2.82. The van der Waals surface area contributed by atoms with Crippen molar-refractivity contribution in [3.05, 3.63) is 83.7 Å². The molecule has 0 saturated heterocycles. The van der Waals surface area contributed by atoms with E-state index in [1.54, 1.807) is 36.2 Å². The van der Waals surface area contributed by atoms with Crippen molar-refractivity contribution in [1.29, 1.82) is 0 Å². The van der Waals surface area contributed by atoms with Crippen LogP contribution in [0.2, 0.25) is 0 Å². The van der Waals surface area contributed by atoms with Crippen LogP contribution in [0.5, 0.6) is 0 Å². The fraction of sp³-hybridized carbons (Fsp3) is 0.0909. The van der Waals surface area contributed by atoms with E-state index in [2.05, 4.69) is 10.6 Å². The maximum Gasteiger partial charge on any atom is 0.319 e. The second-order valence-electron chi connectivity index (χ2n) is 6.58. The van der Waals surface area contributed by atoms with Crippen LogP contribution in [0.4, 0.5) is 20.6 Å². The van der Waals surface area contributed by atoms with Gasteiger partial charge in [-0.2, -0.15) is 0 Å². The monoisotopic (exact) mass is 407 g/mol. The normalized spacial score (nSPS) is 12.6. The standard InChI is InChI=1S/C22H18FN3O2S/c1-26-18-12-16(25-22(28)24-13-14-5-4-6-15(23)11-14)9-10-20(18)29-19-8-3-2-7-17(19)21(26)27/h2-12H,13H2,1H3,(H2,24,25,28). The van der Waals surface area contributed by atoms with Crippen LogP contribution < -0.4 is 15.5 Å². The number of amides is 3. The number of carbonyl (C=O) groups is 2. The number of nitrogens with one attached hydrogen (secondary N) is 2. The molecule has 0 radical (unpaired) electrons. The number of nitrogens with zero attached hydrogens (tertiary/aromatic N) is 1. The van der Waals surface area contributed by atoms with Gasteiger partial charge in [0.1, 0.15) is 5.82 Å². The number of hydrogen-bond donors (Lipinski definition) is 2. The maximum atomic E-state index is 13.2. The minimum absolute atomic E-state index is 0.0976. The fourth-order valence-corrected chi connectivity index (χ4v) is 4.17. The molecule has 29 heavy (non-hydrogen) atoms. The van der Waals surface area contributed by atoms with Crippen molar-refractivity contribution in [1.82, 2.24) is 5.32 Å². The Labute approximate surface area is 171 Å². The van der Waals surface area contributed by atoms with Crippen molar-refractivity contribution in [2.75, 3.05) is 17.3 Å². The lowest BCUT2D eigenvalue weighted by molar-refractivity contribution is 0.0990. The van der Waals surface area contributed by atoms with Gasteiger partial charge in [0.15, 0.2) is 0 Å². The first-order chi connectivity index (χ1) is 14.0. The van der Waals surface area contributed by atoms with Gasteiger partial charge in [-0.25, -0.2) is 9.18 Å². The average molecular weight is 407 g/mol. The van der Waals surface area contributed by atoms with Crippen LogP contribution in [-0.4, -0.2) is 19.0 Å². The van der Waals surface area contributed by atoms with E-state index in [0.717, 1.165) is 15.5 Å². The van der Waals surface area contributed by atoms with E-state index in [4.69, 9.17) is 0 Å². The van der Waals surface area contributed by atoms with Gasteiger partial charge in [-0.3, -0.25) is 4.79 Å². The Morgan fingerprint density at radius 1 is 1.03 bits per heavy atom. The van der Waals surface area contributed by atoms with Crippen molar-refractivity contribution < 1.29 is 14.0 Å². The molecule has 4 rings (SSSR count). The van der Waals surface area contributed by atoms with Gasteiger partial charge in [0.05, 0.1) is 11.3 Å². The van der Waals surface area contributed by atoms with Crippen LogP contribution in [0.1, 0.15) is 15.9 Å². The molecule has 0 saturated carbocycles. The second kappa shape index (κ2) is 7.97. The predicted molar refractivity (Wildman–Crippen MR) is 112 cm³/mol. The highest BCUT2D eigenvalue weighted by Gasteiger charge is 2.24. The topological polar surface area (TPSA) is 61.4 Å². The van der Waals surface area contributed by atoms with E-state index in [1.165, 1.54) is 23.9 Å². The van der Waals surface area contributed by atoms with Crippen LogP contribution in [0.15, 0.2) is 76.5 Å². The molecule has 146 valence electrons. The van der Waals surface area contributed by atoms with Crippen LogP contribution in [-0.2, 0) is 6.54 Å². The third-order valence-corrected chi connectivity index (χ3v) is 5.70. The van der Waals surface area contributed by atoms with Gasteiger partial charge in [-0.15, -0.1) is 0 Å². The van der Waals surface area contributed by atoms with Crippen LogP contribution in [0.25, 0.3) is 0 Å². The Balaban J connectivity index is 1.50. The minimum atomic E-state index is -0.409. The predicted octanol–water partition coefficient (Wildman–Crippen LogP) is 4.89. The largest absolute Gasteiger partial charge is 0.334 e. The Morgan fingerprint density at radius 2 is 1.86 bits per heavy atom. The molecule has 2 N–H and O–H groups in total. The van der Waals surface area contributed by atoms with Gasteiger partial charge in [0, 0.05) is 29.1 Å². The molecule has 3 amide bonds. The summed E-state index contributed by atoms with van der Waals surface area (Å²) in [6, 6.07) is 18.6. The molecule has 1 heterocycles. The number of benzene rings is 3. The fourth-order valence-electron chi connectivity index (χ4n) is 3.09. The Bertz CT molecular complexity index is 1100. The summed E-state index contributed by atoms with van der Waals surface area (Å²) in [4.78, 5) is 28.4. The maximum absolute atomic E-state index is 13.2. The molecule has 0 aromatic heterocycles. The smallest absolute Gasteiger partial charge is 0.319 e. The first-order valence-electron chi connectivity index (χ1n) is 8.99. The number of carbonyl (C=O) groups excluding carboxylic acids is 2. The molecule has 0 bridgehead atoms. The van der Waals surface area contributed by atoms with E-state index in [9.17, 15) is 14.0 Å². The third kappa shape index (κ3) is 4.09. The number of anilines is 2. The molecule has 0 aliphatic carbocycles. The first-order valence-corrected chi connectivity index (χ1v) is 9.81. The molecule has 0 unspecified atom stereocenters. The van der Waals surface area contributed by atoms with Crippen molar-refractivity contribution in [2.24, 2.45) is 0 Å². The number of fused-ring (bicyclic) bond motifs is 2. The molecule has 3 aromatic carbocycles. The Kier molecular flexibility index (Phi) is 5.22. The highest BCUT2D eigenvalue weighted by Crippen LogP contribution is 2.41. The molecule has 0 atom stereocenters. The van der Waals surface area contributed by atoms with Gasteiger partial charge in [0.25, 0.3) is 5.91 Å². The molecule has 5 nitrogen and oxygen atoms in total. The van der Waals surface area contributed by atoms with E-state index in [-0.39, 0.29) is 18.3 Å². The number of halogens is 1. The minimum Gasteiger partial charge on any atom is -0.334 e. The zero-order valence-electron chi connectivity index (χ0n) is 15.6. The summed E-state index contributed by atoms with van der Waals surface area (Å²) in [5.74, 6) is -0.443.